The summed E-state index contributed by atoms with van der Waals surface area (Å²) in [6.07, 6.45) is 0.968. The van der Waals surface area contributed by atoms with Crippen molar-refractivity contribution in [1.29, 1.82) is 0 Å². The van der Waals surface area contributed by atoms with E-state index in [4.69, 9.17) is 19.0 Å². The highest BCUT2D eigenvalue weighted by atomic mass is 16.5. The number of aryl methyl sites for hydroxylation is 1. The number of rotatable bonds is 13. The third kappa shape index (κ3) is 7.23. The van der Waals surface area contributed by atoms with Crippen LogP contribution in [0.5, 0.6) is 11.6 Å². The Labute approximate surface area is 228 Å². The van der Waals surface area contributed by atoms with Crippen LogP contribution in [0.15, 0.2) is 114 Å². The first-order chi connectivity index (χ1) is 19.2. The molecule has 2 aromatic heterocycles. The molecule has 0 bridgehead atoms. The van der Waals surface area contributed by atoms with Crippen molar-refractivity contribution in [2.75, 3.05) is 13.2 Å². The molecular formula is C32H33N3O4. The van der Waals surface area contributed by atoms with E-state index in [2.05, 4.69) is 4.90 Å². The lowest BCUT2D eigenvalue weighted by atomic mass is 10.1. The molecule has 0 saturated heterocycles. The molecule has 39 heavy (non-hydrogen) atoms. The zero-order valence-electron chi connectivity index (χ0n) is 22.0. The molecule has 0 unspecified atom stereocenters. The Hall–Kier alpha value is -4.17. The van der Waals surface area contributed by atoms with Crippen molar-refractivity contribution in [1.82, 2.24) is 14.7 Å². The number of aliphatic hydroxyl groups excluding tert-OH is 1. The second-order valence-corrected chi connectivity index (χ2v) is 9.44. The number of ether oxygens (including phenoxy) is 2. The summed E-state index contributed by atoms with van der Waals surface area (Å²) in [5, 5.41) is 15.8. The van der Waals surface area contributed by atoms with Crippen molar-refractivity contribution in [3.8, 4) is 22.9 Å². The van der Waals surface area contributed by atoms with Crippen LogP contribution in [0, 0.1) is 0 Å². The molecule has 0 aliphatic rings. The van der Waals surface area contributed by atoms with Crippen LogP contribution in [0.25, 0.3) is 11.3 Å². The molecule has 0 fully saturated rings. The zero-order chi connectivity index (χ0) is 26.9. The SMILES string of the molecule is Cn1nc(-c2ccccc2)c(CN(Cc2ccco2)C[C@H](O)COCc2ccccc2)c1Oc1ccccc1. The molecule has 7 nitrogen and oxygen atoms in total. The molecular weight excluding hydrogens is 490 g/mol. The first-order valence-corrected chi connectivity index (χ1v) is 13.0. The molecule has 0 amide bonds. The van der Waals surface area contributed by atoms with Crippen LogP contribution in [0.3, 0.4) is 0 Å². The number of hydrogen-bond donors (Lipinski definition) is 1. The predicted molar refractivity (Wildman–Crippen MR) is 150 cm³/mol. The fourth-order valence-corrected chi connectivity index (χ4v) is 4.52. The van der Waals surface area contributed by atoms with Gasteiger partial charge in [0.2, 0.25) is 5.88 Å². The molecule has 0 spiro atoms. The van der Waals surface area contributed by atoms with E-state index in [0.717, 1.165) is 33.9 Å². The molecule has 1 atom stereocenters. The highest BCUT2D eigenvalue weighted by Gasteiger charge is 2.24. The number of aromatic nitrogens is 2. The third-order valence-electron chi connectivity index (χ3n) is 6.32. The lowest BCUT2D eigenvalue weighted by Gasteiger charge is -2.25. The highest BCUT2D eigenvalue weighted by molar-refractivity contribution is 5.65. The van der Waals surface area contributed by atoms with Crippen LogP contribution < -0.4 is 4.74 Å². The van der Waals surface area contributed by atoms with Gasteiger partial charge in [-0.2, -0.15) is 5.10 Å². The van der Waals surface area contributed by atoms with Gasteiger partial charge >= 0.3 is 0 Å². The first-order valence-electron chi connectivity index (χ1n) is 13.0. The largest absolute Gasteiger partial charge is 0.468 e. The second-order valence-electron chi connectivity index (χ2n) is 9.44. The summed E-state index contributed by atoms with van der Waals surface area (Å²) in [5.74, 6) is 2.19. The quantitative estimate of drug-likeness (QED) is 0.203. The molecule has 5 rings (SSSR count). The summed E-state index contributed by atoms with van der Waals surface area (Å²) >= 11 is 0. The van der Waals surface area contributed by atoms with E-state index < -0.39 is 6.10 Å². The second kappa shape index (κ2) is 13.1. The van der Waals surface area contributed by atoms with E-state index in [1.807, 2.05) is 110 Å². The van der Waals surface area contributed by atoms with Crippen LogP contribution in [-0.2, 0) is 31.5 Å². The number of hydrogen-bond acceptors (Lipinski definition) is 6. The third-order valence-corrected chi connectivity index (χ3v) is 6.32. The Kier molecular flexibility index (Phi) is 8.86. The van der Waals surface area contributed by atoms with Gasteiger partial charge in [0, 0.05) is 25.7 Å². The minimum Gasteiger partial charge on any atom is -0.468 e. The van der Waals surface area contributed by atoms with Gasteiger partial charge in [0.1, 0.15) is 17.2 Å². The normalized spacial score (nSPS) is 12.1. The monoisotopic (exact) mass is 523 g/mol. The summed E-state index contributed by atoms with van der Waals surface area (Å²) in [7, 11) is 1.89. The van der Waals surface area contributed by atoms with Gasteiger partial charge < -0.3 is 19.0 Å². The standard InChI is InChI=1S/C32H33N3O4/c1-34-32(39-28-16-9-4-10-17-28)30(31(33-34)26-14-7-3-8-15-26)22-35(21-29-18-11-19-38-29)20-27(36)24-37-23-25-12-5-2-6-13-25/h2-19,27,36H,20-24H2,1H3/t27-/m0/s1. The smallest absolute Gasteiger partial charge is 0.222 e. The van der Waals surface area contributed by atoms with Crippen molar-refractivity contribution in [2.24, 2.45) is 7.05 Å². The van der Waals surface area contributed by atoms with Gasteiger partial charge in [-0.3, -0.25) is 4.90 Å². The van der Waals surface area contributed by atoms with E-state index in [1.165, 1.54) is 0 Å². The number of aliphatic hydroxyl groups is 1. The van der Waals surface area contributed by atoms with Crippen LogP contribution in [0.4, 0.5) is 0 Å². The van der Waals surface area contributed by atoms with Crippen LogP contribution in [0.2, 0.25) is 0 Å². The Morgan fingerprint density at radius 1 is 0.872 bits per heavy atom. The van der Waals surface area contributed by atoms with Gasteiger partial charge in [-0.15, -0.1) is 0 Å². The average Bonchev–Trinajstić information content (AvgIpc) is 3.58. The summed E-state index contributed by atoms with van der Waals surface area (Å²) in [4.78, 5) is 2.14. The molecule has 0 saturated carbocycles. The van der Waals surface area contributed by atoms with Crippen molar-refractivity contribution in [3.05, 3.63) is 126 Å². The van der Waals surface area contributed by atoms with E-state index in [1.54, 1.807) is 10.9 Å². The van der Waals surface area contributed by atoms with Crippen molar-refractivity contribution in [2.45, 2.75) is 25.8 Å². The van der Waals surface area contributed by atoms with Crippen molar-refractivity contribution >= 4 is 0 Å². The number of nitrogens with zero attached hydrogens (tertiary/aromatic N) is 3. The molecule has 1 N–H and O–H groups in total. The maximum absolute atomic E-state index is 11.0. The zero-order valence-corrected chi connectivity index (χ0v) is 22.0. The lowest BCUT2D eigenvalue weighted by Crippen LogP contribution is -2.34. The van der Waals surface area contributed by atoms with Crippen molar-refractivity contribution in [3.63, 3.8) is 0 Å². The van der Waals surface area contributed by atoms with E-state index >= 15 is 0 Å². The lowest BCUT2D eigenvalue weighted by molar-refractivity contribution is 0.00606. The first kappa shape index (κ1) is 26.4. The Bertz CT molecular complexity index is 1400. The van der Waals surface area contributed by atoms with E-state index in [-0.39, 0.29) is 6.61 Å². The van der Waals surface area contributed by atoms with E-state index in [0.29, 0.717) is 32.1 Å². The summed E-state index contributed by atoms with van der Waals surface area (Å²) in [5.41, 5.74) is 3.83. The maximum atomic E-state index is 11.0. The van der Waals surface area contributed by atoms with Gasteiger partial charge in [-0.1, -0.05) is 78.9 Å². The fraction of sp³-hybridized carbons (Fsp3) is 0.219. The molecule has 0 aliphatic heterocycles. The maximum Gasteiger partial charge on any atom is 0.222 e. The molecule has 5 aromatic rings. The predicted octanol–water partition coefficient (Wildman–Crippen LogP) is 6.05. The summed E-state index contributed by atoms with van der Waals surface area (Å²) < 4.78 is 19.6. The van der Waals surface area contributed by atoms with Crippen LogP contribution in [-0.4, -0.2) is 39.0 Å². The van der Waals surface area contributed by atoms with E-state index in [9.17, 15) is 5.11 Å². The molecule has 2 heterocycles. The summed E-state index contributed by atoms with van der Waals surface area (Å²) in [6, 6.07) is 33.5. The topological polar surface area (TPSA) is 72.9 Å². The molecule has 0 radical (unpaired) electrons. The van der Waals surface area contributed by atoms with Gasteiger partial charge in [-0.25, -0.2) is 4.68 Å². The Morgan fingerprint density at radius 3 is 2.26 bits per heavy atom. The van der Waals surface area contributed by atoms with Crippen LogP contribution in [0.1, 0.15) is 16.9 Å². The Morgan fingerprint density at radius 2 is 1.56 bits per heavy atom. The van der Waals surface area contributed by atoms with Gasteiger partial charge in [-0.05, 0) is 29.8 Å². The molecule has 3 aromatic carbocycles. The van der Waals surface area contributed by atoms with Gasteiger partial charge in [0.05, 0.1) is 37.7 Å². The Balaban J connectivity index is 1.39. The molecule has 7 heteroatoms. The minimum atomic E-state index is -0.695. The highest BCUT2D eigenvalue weighted by Crippen LogP contribution is 2.34. The van der Waals surface area contributed by atoms with Gasteiger partial charge in [0.25, 0.3) is 0 Å². The minimum absolute atomic E-state index is 0.218. The molecule has 200 valence electrons. The fourth-order valence-electron chi connectivity index (χ4n) is 4.52. The number of benzene rings is 3. The van der Waals surface area contributed by atoms with Crippen molar-refractivity contribution < 1.29 is 19.0 Å². The number of para-hydroxylation sites is 1. The van der Waals surface area contributed by atoms with Crippen LogP contribution >= 0.6 is 0 Å². The average molecular weight is 524 g/mol. The number of furan rings is 1. The van der Waals surface area contributed by atoms with Gasteiger partial charge in [0.15, 0.2) is 0 Å². The molecule has 0 aliphatic carbocycles. The summed E-state index contributed by atoms with van der Waals surface area (Å²) in [6.45, 7) is 2.04.